The summed E-state index contributed by atoms with van der Waals surface area (Å²) in [7, 11) is 0. The number of carbonyl (C=O) groups is 1. The summed E-state index contributed by atoms with van der Waals surface area (Å²) >= 11 is 0. The molecular formula is C28H27N3O4. The van der Waals surface area contributed by atoms with Gasteiger partial charge in [-0.1, -0.05) is 48.0 Å². The molecule has 2 heterocycles. The minimum Gasteiger partial charge on any atom is -0.454 e. The molecule has 0 unspecified atom stereocenters. The molecule has 0 fully saturated rings. The number of hydrogen-bond donors (Lipinski definition) is 2. The second-order valence-corrected chi connectivity index (χ2v) is 8.86. The third-order valence-electron chi connectivity index (χ3n) is 6.12. The molecule has 35 heavy (non-hydrogen) atoms. The molecule has 1 aliphatic rings. The van der Waals surface area contributed by atoms with E-state index in [1.54, 1.807) is 4.90 Å². The molecule has 0 saturated heterocycles. The Hall–Kier alpha value is -4.26. The van der Waals surface area contributed by atoms with Crippen LogP contribution in [0.1, 0.15) is 27.8 Å². The van der Waals surface area contributed by atoms with Crippen molar-refractivity contribution in [2.45, 2.75) is 33.5 Å². The number of aromatic amines is 1. The SMILES string of the molecule is Cc1cc(C)c2[nH]c(=O)c(CN(Cc3ccc4c(c3)OCO4)C(=O)NCc3ccccc3)cc2c1. The van der Waals surface area contributed by atoms with Gasteiger partial charge in [-0.05, 0) is 60.2 Å². The molecule has 0 saturated carbocycles. The predicted molar refractivity (Wildman–Crippen MR) is 135 cm³/mol. The van der Waals surface area contributed by atoms with Crippen molar-refractivity contribution in [3.8, 4) is 11.5 Å². The van der Waals surface area contributed by atoms with Crippen molar-refractivity contribution in [2.24, 2.45) is 0 Å². The monoisotopic (exact) mass is 469 g/mol. The minimum absolute atomic E-state index is 0.160. The zero-order valence-electron chi connectivity index (χ0n) is 19.8. The zero-order chi connectivity index (χ0) is 24.4. The van der Waals surface area contributed by atoms with Gasteiger partial charge in [-0.2, -0.15) is 0 Å². The minimum atomic E-state index is -0.258. The van der Waals surface area contributed by atoms with Crippen LogP contribution in [0.4, 0.5) is 4.79 Å². The fourth-order valence-electron chi connectivity index (χ4n) is 4.40. The number of amides is 2. The molecule has 7 heteroatoms. The Labute approximate surface area is 203 Å². The van der Waals surface area contributed by atoms with E-state index in [9.17, 15) is 9.59 Å². The summed E-state index contributed by atoms with van der Waals surface area (Å²) in [4.78, 5) is 30.9. The summed E-state index contributed by atoms with van der Waals surface area (Å²) in [6.07, 6.45) is 0. The number of hydrogen-bond acceptors (Lipinski definition) is 4. The lowest BCUT2D eigenvalue weighted by molar-refractivity contribution is 0.173. The van der Waals surface area contributed by atoms with Crippen molar-refractivity contribution in [3.05, 3.63) is 105 Å². The number of pyridine rings is 1. The maximum atomic E-state index is 13.3. The van der Waals surface area contributed by atoms with Crippen LogP contribution in [0.5, 0.6) is 11.5 Å². The topological polar surface area (TPSA) is 83.7 Å². The lowest BCUT2D eigenvalue weighted by atomic mass is 10.0. The number of nitrogens with one attached hydrogen (secondary N) is 2. The molecule has 4 aromatic rings. The second kappa shape index (κ2) is 9.54. The highest BCUT2D eigenvalue weighted by molar-refractivity contribution is 5.83. The lowest BCUT2D eigenvalue weighted by Gasteiger charge is -2.23. The highest BCUT2D eigenvalue weighted by atomic mass is 16.7. The van der Waals surface area contributed by atoms with E-state index in [4.69, 9.17) is 9.47 Å². The summed E-state index contributed by atoms with van der Waals surface area (Å²) in [6.45, 7) is 5.05. The Kier molecular flexibility index (Phi) is 6.14. The second-order valence-electron chi connectivity index (χ2n) is 8.86. The van der Waals surface area contributed by atoms with Gasteiger partial charge in [-0.25, -0.2) is 4.79 Å². The van der Waals surface area contributed by atoms with Crippen LogP contribution in [0.25, 0.3) is 10.9 Å². The van der Waals surface area contributed by atoms with E-state index < -0.39 is 0 Å². The van der Waals surface area contributed by atoms with Crippen LogP contribution < -0.4 is 20.3 Å². The Bertz CT molecular complexity index is 1450. The quantitative estimate of drug-likeness (QED) is 0.426. The Balaban J connectivity index is 1.43. The van der Waals surface area contributed by atoms with Gasteiger partial charge in [0.05, 0.1) is 12.1 Å². The summed E-state index contributed by atoms with van der Waals surface area (Å²) < 4.78 is 10.9. The fourth-order valence-corrected chi connectivity index (χ4v) is 4.40. The number of rotatable bonds is 6. The highest BCUT2D eigenvalue weighted by Gasteiger charge is 2.19. The lowest BCUT2D eigenvalue weighted by Crippen LogP contribution is -2.39. The summed E-state index contributed by atoms with van der Waals surface area (Å²) in [5, 5.41) is 3.93. The van der Waals surface area contributed by atoms with E-state index in [1.807, 2.05) is 80.6 Å². The summed E-state index contributed by atoms with van der Waals surface area (Å²) in [5.74, 6) is 1.34. The molecule has 2 N–H and O–H groups in total. The summed E-state index contributed by atoms with van der Waals surface area (Å²) in [6, 6.07) is 21.0. The molecule has 0 spiro atoms. The predicted octanol–water partition coefficient (Wildman–Crippen LogP) is 4.79. The van der Waals surface area contributed by atoms with Crippen molar-refractivity contribution in [1.29, 1.82) is 0 Å². The van der Waals surface area contributed by atoms with Crippen molar-refractivity contribution in [3.63, 3.8) is 0 Å². The number of nitrogens with zero attached hydrogens (tertiary/aromatic N) is 1. The van der Waals surface area contributed by atoms with Crippen LogP contribution in [-0.2, 0) is 19.6 Å². The number of aromatic nitrogens is 1. The maximum Gasteiger partial charge on any atom is 0.318 e. The van der Waals surface area contributed by atoms with Gasteiger partial charge in [0, 0.05) is 18.7 Å². The van der Waals surface area contributed by atoms with Crippen LogP contribution in [0.2, 0.25) is 0 Å². The van der Waals surface area contributed by atoms with Gasteiger partial charge < -0.3 is 24.7 Å². The Morgan fingerprint density at radius 2 is 1.74 bits per heavy atom. The summed E-state index contributed by atoms with van der Waals surface area (Å²) in [5.41, 5.74) is 5.16. The zero-order valence-corrected chi connectivity index (χ0v) is 19.8. The van der Waals surface area contributed by atoms with Gasteiger partial charge in [0.2, 0.25) is 6.79 Å². The van der Waals surface area contributed by atoms with Gasteiger partial charge in [-0.15, -0.1) is 0 Å². The molecule has 0 aliphatic carbocycles. The number of carbonyl (C=O) groups excluding carboxylic acids is 1. The first kappa shape index (κ1) is 22.5. The molecule has 0 atom stereocenters. The number of fused-ring (bicyclic) bond motifs is 2. The van der Waals surface area contributed by atoms with Crippen LogP contribution in [-0.4, -0.2) is 22.7 Å². The third-order valence-corrected chi connectivity index (χ3v) is 6.12. The Morgan fingerprint density at radius 3 is 2.57 bits per heavy atom. The molecule has 1 aliphatic heterocycles. The molecule has 3 aromatic carbocycles. The maximum absolute atomic E-state index is 13.3. The number of urea groups is 1. The van der Waals surface area contributed by atoms with Gasteiger partial charge in [0.25, 0.3) is 5.56 Å². The van der Waals surface area contributed by atoms with E-state index in [1.165, 1.54) is 0 Å². The average Bonchev–Trinajstić information content (AvgIpc) is 3.32. The molecule has 7 nitrogen and oxygen atoms in total. The van der Waals surface area contributed by atoms with E-state index in [-0.39, 0.29) is 24.9 Å². The van der Waals surface area contributed by atoms with Crippen molar-refractivity contribution in [2.75, 3.05) is 6.79 Å². The van der Waals surface area contributed by atoms with Crippen molar-refractivity contribution >= 4 is 16.9 Å². The molecule has 5 rings (SSSR count). The third kappa shape index (κ3) is 4.99. The normalized spacial score (nSPS) is 12.1. The fraction of sp³-hybridized carbons (Fsp3) is 0.214. The van der Waals surface area contributed by atoms with Crippen LogP contribution >= 0.6 is 0 Å². The average molecular weight is 470 g/mol. The van der Waals surface area contributed by atoms with E-state index >= 15 is 0 Å². The first-order valence-electron chi connectivity index (χ1n) is 11.5. The Morgan fingerprint density at radius 1 is 0.943 bits per heavy atom. The molecule has 0 radical (unpaired) electrons. The van der Waals surface area contributed by atoms with Gasteiger partial charge in [0.15, 0.2) is 11.5 Å². The number of ether oxygens (including phenoxy) is 2. The van der Waals surface area contributed by atoms with Crippen molar-refractivity contribution in [1.82, 2.24) is 15.2 Å². The van der Waals surface area contributed by atoms with Gasteiger partial charge in [0.1, 0.15) is 0 Å². The van der Waals surface area contributed by atoms with Gasteiger partial charge >= 0.3 is 6.03 Å². The van der Waals surface area contributed by atoms with Crippen LogP contribution in [0.3, 0.4) is 0 Å². The number of benzene rings is 3. The largest absolute Gasteiger partial charge is 0.454 e. The van der Waals surface area contributed by atoms with Crippen LogP contribution in [0, 0.1) is 13.8 Å². The van der Waals surface area contributed by atoms with E-state index in [0.717, 1.165) is 33.2 Å². The smallest absolute Gasteiger partial charge is 0.318 e. The number of H-pyrrole nitrogens is 1. The van der Waals surface area contributed by atoms with Crippen molar-refractivity contribution < 1.29 is 14.3 Å². The molecule has 1 aromatic heterocycles. The molecule has 0 bridgehead atoms. The molecular weight excluding hydrogens is 442 g/mol. The van der Waals surface area contributed by atoms with E-state index in [2.05, 4.69) is 10.3 Å². The molecule has 178 valence electrons. The van der Waals surface area contributed by atoms with Gasteiger partial charge in [-0.3, -0.25) is 4.79 Å². The van der Waals surface area contributed by atoms with Crippen LogP contribution in [0.15, 0.2) is 71.5 Å². The first-order valence-corrected chi connectivity index (χ1v) is 11.5. The first-order chi connectivity index (χ1) is 17.0. The van der Waals surface area contributed by atoms with E-state index in [0.29, 0.717) is 30.2 Å². The number of aryl methyl sites for hydroxylation is 2. The highest BCUT2D eigenvalue weighted by Crippen LogP contribution is 2.33. The molecule has 2 amide bonds. The standard InChI is InChI=1S/C28H27N3O4/c1-18-10-19(2)26-22(11-18)13-23(27(32)30-26)16-31(28(33)29-14-20-6-4-3-5-7-20)15-21-8-9-24-25(12-21)35-17-34-24/h3-13H,14-17H2,1-2H3,(H,29,33)(H,30,32).